The molecule has 0 saturated heterocycles. The number of H-pyrrole nitrogens is 1. The number of aliphatic imine (C=N–C) groups is 1. The van der Waals surface area contributed by atoms with Crippen LogP contribution in [-0.4, -0.2) is 56.6 Å². The van der Waals surface area contributed by atoms with Crippen molar-refractivity contribution < 1.29 is 9.90 Å². The summed E-state index contributed by atoms with van der Waals surface area (Å²) in [5.41, 5.74) is 0.180. The number of carbonyl (C=O) groups is 1. The molecule has 1 aromatic heterocycles. The normalized spacial score (nSPS) is 32.8. The second-order valence-electron chi connectivity index (χ2n) is 9.23. The molecule has 154 valence electrons. The summed E-state index contributed by atoms with van der Waals surface area (Å²) in [6.07, 6.45) is 6.05. The fourth-order valence-electron chi connectivity index (χ4n) is 4.61. The molecule has 7 nitrogen and oxygen atoms in total. The summed E-state index contributed by atoms with van der Waals surface area (Å²) in [5.74, 6) is 2.41. The van der Waals surface area contributed by atoms with Gasteiger partial charge >= 0.3 is 6.03 Å². The van der Waals surface area contributed by atoms with Crippen molar-refractivity contribution in [1.82, 2.24) is 14.9 Å². The van der Waals surface area contributed by atoms with Crippen molar-refractivity contribution in [2.24, 2.45) is 4.99 Å². The smallest absolute Gasteiger partial charge is 0.331 e. The van der Waals surface area contributed by atoms with E-state index in [1.807, 2.05) is 16.7 Å². The number of imidazole rings is 1. The van der Waals surface area contributed by atoms with Crippen LogP contribution in [0.2, 0.25) is 0 Å². The topological polar surface area (TPSA) is 84.8 Å². The molecule has 1 atom stereocenters. The number of nitrogens with zero attached hydrogens (tertiary/aromatic N) is 4. The Morgan fingerprint density at radius 3 is 2.57 bits per heavy atom. The minimum absolute atomic E-state index is 0.00238. The van der Waals surface area contributed by atoms with Crippen molar-refractivity contribution in [1.29, 1.82) is 0 Å². The number of nitrogens with one attached hydrogen (secondary N) is 1. The number of aromatic nitrogens is 2. The number of rotatable bonds is 4. The van der Waals surface area contributed by atoms with Crippen molar-refractivity contribution >= 4 is 17.7 Å². The Labute approximate surface area is 167 Å². The van der Waals surface area contributed by atoms with Gasteiger partial charge in [-0.15, -0.1) is 0 Å². The number of amides is 2. The third-order valence-electron chi connectivity index (χ3n) is 6.79. The van der Waals surface area contributed by atoms with E-state index in [2.05, 4.69) is 25.8 Å². The zero-order valence-electron chi connectivity index (χ0n) is 17.6. The Morgan fingerprint density at radius 1 is 1.21 bits per heavy atom. The van der Waals surface area contributed by atoms with Crippen LogP contribution in [0.25, 0.3) is 0 Å². The number of aliphatic hydroxyl groups is 1. The maximum absolute atomic E-state index is 13.1. The van der Waals surface area contributed by atoms with Gasteiger partial charge < -0.3 is 10.1 Å². The maximum Gasteiger partial charge on any atom is 0.331 e. The van der Waals surface area contributed by atoms with Gasteiger partial charge in [0.2, 0.25) is 0 Å². The lowest BCUT2D eigenvalue weighted by Gasteiger charge is -2.39. The van der Waals surface area contributed by atoms with E-state index in [1.165, 1.54) is 0 Å². The van der Waals surface area contributed by atoms with Crippen LogP contribution in [0.4, 0.5) is 10.6 Å². The number of aromatic amines is 1. The lowest BCUT2D eigenvalue weighted by molar-refractivity contribution is 0.00179. The molecule has 1 aromatic rings. The zero-order valence-corrected chi connectivity index (χ0v) is 17.6. The van der Waals surface area contributed by atoms with E-state index in [-0.39, 0.29) is 17.5 Å². The van der Waals surface area contributed by atoms with E-state index in [0.717, 1.165) is 68.1 Å². The Bertz CT molecular complexity index is 787. The molecule has 1 aliphatic carbocycles. The van der Waals surface area contributed by atoms with Gasteiger partial charge in [0, 0.05) is 18.5 Å². The number of amidine groups is 1. The van der Waals surface area contributed by atoms with Crippen LogP contribution in [0.5, 0.6) is 0 Å². The number of urea groups is 1. The van der Waals surface area contributed by atoms with Crippen LogP contribution in [0.1, 0.15) is 84.2 Å². The number of hydrogen-bond donors (Lipinski definition) is 2. The van der Waals surface area contributed by atoms with E-state index in [4.69, 9.17) is 9.98 Å². The fourth-order valence-corrected chi connectivity index (χ4v) is 4.61. The first-order valence-corrected chi connectivity index (χ1v) is 10.8. The molecule has 3 heterocycles. The summed E-state index contributed by atoms with van der Waals surface area (Å²) in [5, 5.41) is 10.4. The first-order chi connectivity index (χ1) is 13.3. The van der Waals surface area contributed by atoms with Gasteiger partial charge in [-0.05, 0) is 51.9 Å². The third-order valence-corrected chi connectivity index (χ3v) is 6.79. The van der Waals surface area contributed by atoms with Crippen LogP contribution in [0.15, 0.2) is 4.99 Å². The predicted octanol–water partition coefficient (Wildman–Crippen LogP) is 3.57. The molecule has 1 saturated carbocycles. The van der Waals surface area contributed by atoms with E-state index in [9.17, 15) is 9.90 Å². The van der Waals surface area contributed by atoms with Crippen LogP contribution in [0, 0.1) is 0 Å². The summed E-state index contributed by atoms with van der Waals surface area (Å²) in [6, 6.07) is 0.258. The lowest BCUT2D eigenvalue weighted by atomic mass is 9.70. The van der Waals surface area contributed by atoms with E-state index >= 15 is 0 Å². The van der Waals surface area contributed by atoms with Crippen molar-refractivity contribution in [3.63, 3.8) is 0 Å². The maximum atomic E-state index is 13.1. The zero-order chi connectivity index (χ0) is 20.1. The second-order valence-corrected chi connectivity index (χ2v) is 9.23. The second kappa shape index (κ2) is 6.87. The van der Waals surface area contributed by atoms with Crippen molar-refractivity contribution in [3.8, 4) is 0 Å². The molecule has 1 fully saturated rings. The number of carbonyl (C=O) groups excluding carboxylic acids is 1. The van der Waals surface area contributed by atoms with Crippen LogP contribution >= 0.6 is 0 Å². The summed E-state index contributed by atoms with van der Waals surface area (Å²) in [6.45, 7) is 9.73. The molecular formula is C21H33N5O2. The molecular weight excluding hydrogens is 354 g/mol. The van der Waals surface area contributed by atoms with Gasteiger partial charge in [-0.1, -0.05) is 20.8 Å². The summed E-state index contributed by atoms with van der Waals surface area (Å²) < 4.78 is 0. The average molecular weight is 388 g/mol. The summed E-state index contributed by atoms with van der Waals surface area (Å²) in [7, 11) is 0. The van der Waals surface area contributed by atoms with Crippen LogP contribution in [0.3, 0.4) is 0 Å². The first kappa shape index (κ1) is 19.4. The molecule has 0 bridgehead atoms. The molecule has 4 rings (SSSR count). The minimum atomic E-state index is -0.589. The molecule has 0 unspecified atom stereocenters. The molecule has 28 heavy (non-hydrogen) atoms. The van der Waals surface area contributed by atoms with Crippen molar-refractivity contribution in [2.45, 2.75) is 89.7 Å². The van der Waals surface area contributed by atoms with E-state index in [1.54, 1.807) is 0 Å². The summed E-state index contributed by atoms with van der Waals surface area (Å²) in [4.78, 5) is 30.2. The van der Waals surface area contributed by atoms with Gasteiger partial charge in [-0.2, -0.15) is 0 Å². The highest BCUT2D eigenvalue weighted by Crippen LogP contribution is 2.43. The van der Waals surface area contributed by atoms with Gasteiger partial charge in [-0.25, -0.2) is 9.78 Å². The quantitative estimate of drug-likeness (QED) is 0.828. The predicted molar refractivity (Wildman–Crippen MR) is 110 cm³/mol. The van der Waals surface area contributed by atoms with Gasteiger partial charge in [0.25, 0.3) is 0 Å². The summed E-state index contributed by atoms with van der Waals surface area (Å²) >= 11 is 0. The molecule has 0 radical (unpaired) electrons. The van der Waals surface area contributed by atoms with E-state index < -0.39 is 5.60 Å². The molecule has 0 aromatic carbocycles. The number of fused-ring (bicyclic) bond motifs is 3. The number of anilines is 1. The lowest BCUT2D eigenvalue weighted by Crippen LogP contribution is -2.54. The van der Waals surface area contributed by atoms with E-state index in [0.29, 0.717) is 13.1 Å². The third kappa shape index (κ3) is 3.13. The Hall–Kier alpha value is -1.89. The van der Waals surface area contributed by atoms with Crippen molar-refractivity contribution in [3.05, 3.63) is 11.5 Å². The Morgan fingerprint density at radius 2 is 1.93 bits per heavy atom. The van der Waals surface area contributed by atoms with Crippen LogP contribution in [-0.2, 0) is 5.41 Å². The molecule has 2 amide bonds. The Kier molecular flexibility index (Phi) is 4.76. The highest BCUT2D eigenvalue weighted by Gasteiger charge is 2.44. The van der Waals surface area contributed by atoms with Gasteiger partial charge in [-0.3, -0.25) is 14.8 Å². The fraction of sp³-hybridized carbons (Fsp3) is 0.762. The minimum Gasteiger partial charge on any atom is -0.390 e. The average Bonchev–Trinajstić information content (AvgIpc) is 3.13. The molecule has 2 N–H and O–H groups in total. The SMILES string of the molecule is CCCN1C(=O)N2CC[C@@H](CC)N=C2c2[nH]c(C3(C)CCC(C)(O)CC3)nc21. The van der Waals surface area contributed by atoms with Gasteiger partial charge in [0.1, 0.15) is 11.5 Å². The standard InChI is InChI=1S/C21H33N5O2/c1-5-12-25-17-15(16-22-14(6-2)7-13-26(16)19(25)27)23-18(24-17)20(3)8-10-21(4,28)11-9-20/h14,28H,5-13H2,1-4H3,(H,23,24)/t14-,20?,21?/m1/s1. The van der Waals surface area contributed by atoms with Gasteiger partial charge in [0.05, 0.1) is 11.6 Å². The van der Waals surface area contributed by atoms with Crippen LogP contribution < -0.4 is 4.90 Å². The largest absolute Gasteiger partial charge is 0.390 e. The first-order valence-electron chi connectivity index (χ1n) is 10.8. The number of hydrogen-bond acceptors (Lipinski definition) is 4. The van der Waals surface area contributed by atoms with Crippen molar-refractivity contribution in [2.75, 3.05) is 18.0 Å². The Balaban J connectivity index is 1.76. The molecule has 7 heteroatoms. The molecule has 0 spiro atoms. The van der Waals surface area contributed by atoms with Gasteiger partial charge in [0.15, 0.2) is 11.7 Å². The highest BCUT2D eigenvalue weighted by molar-refractivity contribution is 6.18. The molecule has 3 aliphatic rings. The molecule has 2 aliphatic heterocycles. The monoisotopic (exact) mass is 387 g/mol. The highest BCUT2D eigenvalue weighted by atomic mass is 16.3.